The van der Waals surface area contributed by atoms with Crippen LogP contribution in [0.2, 0.25) is 0 Å². The van der Waals surface area contributed by atoms with Crippen LogP contribution in [0.5, 0.6) is 5.75 Å². The van der Waals surface area contributed by atoms with Crippen molar-refractivity contribution < 1.29 is 4.74 Å². The van der Waals surface area contributed by atoms with Crippen LogP contribution in [-0.2, 0) is 0 Å². The summed E-state index contributed by atoms with van der Waals surface area (Å²) in [5.74, 6) is 1.88. The molecule has 1 unspecified atom stereocenters. The topological polar surface area (TPSA) is 57.3 Å². The molecule has 1 atom stereocenters. The van der Waals surface area contributed by atoms with Crippen molar-refractivity contribution in [1.29, 1.82) is 0 Å². The Balaban J connectivity index is 1.89. The van der Waals surface area contributed by atoms with Crippen LogP contribution in [-0.4, -0.2) is 59.2 Å². The van der Waals surface area contributed by atoms with Crippen molar-refractivity contribution in [1.82, 2.24) is 19.9 Å². The molecule has 0 aliphatic carbocycles. The van der Waals surface area contributed by atoms with Gasteiger partial charge < -0.3 is 19.5 Å². The van der Waals surface area contributed by atoms with E-state index in [0.29, 0.717) is 12.6 Å². The molecule has 6 heteroatoms. The Bertz CT molecular complexity index is 595. The average molecular weight is 245 g/mol. The maximum absolute atomic E-state index is 5.90. The average Bonchev–Trinajstić information content (AvgIpc) is 2.72. The lowest BCUT2D eigenvalue weighted by Gasteiger charge is -2.39. The third-order valence-corrected chi connectivity index (χ3v) is 3.80. The smallest absolute Gasteiger partial charge is 0.150 e. The molecule has 1 fully saturated rings. The summed E-state index contributed by atoms with van der Waals surface area (Å²) in [4.78, 5) is 16.6. The van der Waals surface area contributed by atoms with Gasteiger partial charge in [0.15, 0.2) is 0 Å². The fourth-order valence-electron chi connectivity index (χ4n) is 2.87. The molecular weight excluding hydrogens is 230 g/mol. The van der Waals surface area contributed by atoms with Crippen LogP contribution in [0.3, 0.4) is 0 Å². The van der Waals surface area contributed by atoms with Gasteiger partial charge in [-0.3, -0.25) is 0 Å². The predicted molar refractivity (Wildman–Crippen MR) is 68.0 cm³/mol. The Labute approximate surface area is 105 Å². The zero-order valence-electron chi connectivity index (χ0n) is 10.3. The Morgan fingerprint density at radius 2 is 2.33 bits per heavy atom. The van der Waals surface area contributed by atoms with Crippen LogP contribution in [0, 0.1) is 0 Å². The third kappa shape index (κ3) is 1.32. The van der Waals surface area contributed by atoms with Crippen molar-refractivity contribution in [2.24, 2.45) is 0 Å². The molecule has 1 saturated heterocycles. The number of nitrogens with one attached hydrogen (secondary N) is 1. The lowest BCUT2D eigenvalue weighted by molar-refractivity contribution is 0.208. The van der Waals surface area contributed by atoms with Gasteiger partial charge in [0.05, 0.1) is 6.04 Å². The van der Waals surface area contributed by atoms with Gasteiger partial charge in [0.25, 0.3) is 0 Å². The van der Waals surface area contributed by atoms with E-state index in [1.807, 2.05) is 6.20 Å². The molecule has 2 aliphatic rings. The van der Waals surface area contributed by atoms with Gasteiger partial charge in [-0.15, -0.1) is 0 Å². The second-order valence-electron chi connectivity index (χ2n) is 4.99. The summed E-state index contributed by atoms with van der Waals surface area (Å²) in [6, 6.07) is 0.370. The molecule has 0 aromatic carbocycles. The number of hydrogen-bond donors (Lipinski definition) is 1. The number of rotatable bonds is 0. The molecular formula is C12H15N5O. The van der Waals surface area contributed by atoms with Crippen molar-refractivity contribution in [3.8, 4) is 5.75 Å². The fourth-order valence-corrected chi connectivity index (χ4v) is 2.87. The van der Waals surface area contributed by atoms with E-state index in [2.05, 4.69) is 31.8 Å². The van der Waals surface area contributed by atoms with E-state index in [0.717, 1.165) is 42.2 Å². The number of ether oxygens (including phenoxy) is 1. The van der Waals surface area contributed by atoms with Gasteiger partial charge in [-0.25, -0.2) is 9.97 Å². The predicted octanol–water partition coefficient (Wildman–Crippen LogP) is 0.471. The van der Waals surface area contributed by atoms with Crippen LogP contribution in [0.15, 0.2) is 12.5 Å². The number of nitrogens with zero attached hydrogens (tertiary/aromatic N) is 4. The summed E-state index contributed by atoms with van der Waals surface area (Å²) in [6.45, 7) is 3.76. The van der Waals surface area contributed by atoms with Crippen LogP contribution in [0.25, 0.3) is 11.0 Å². The minimum absolute atomic E-state index is 0.370. The van der Waals surface area contributed by atoms with Crippen LogP contribution in [0.4, 0.5) is 5.82 Å². The normalized spacial score (nSPS) is 23.6. The molecule has 0 saturated carbocycles. The number of piperazine rings is 1. The van der Waals surface area contributed by atoms with E-state index in [1.165, 1.54) is 0 Å². The lowest BCUT2D eigenvalue weighted by Crippen LogP contribution is -2.54. The van der Waals surface area contributed by atoms with Crippen molar-refractivity contribution in [2.75, 3.05) is 38.2 Å². The summed E-state index contributed by atoms with van der Waals surface area (Å²) < 4.78 is 5.90. The molecule has 2 aromatic heterocycles. The Kier molecular flexibility index (Phi) is 2.02. The highest BCUT2D eigenvalue weighted by atomic mass is 16.5. The monoisotopic (exact) mass is 245 g/mol. The van der Waals surface area contributed by atoms with Gasteiger partial charge in [0, 0.05) is 25.8 Å². The zero-order chi connectivity index (χ0) is 12.1. The second kappa shape index (κ2) is 3.58. The molecule has 6 nitrogen and oxygen atoms in total. The first-order valence-corrected chi connectivity index (χ1v) is 6.23. The molecule has 0 radical (unpaired) electrons. The van der Waals surface area contributed by atoms with Gasteiger partial charge >= 0.3 is 0 Å². The van der Waals surface area contributed by atoms with Crippen LogP contribution >= 0.6 is 0 Å². The van der Waals surface area contributed by atoms with E-state index in [4.69, 9.17) is 4.74 Å². The lowest BCUT2D eigenvalue weighted by atomic mass is 10.2. The van der Waals surface area contributed by atoms with Gasteiger partial charge in [-0.2, -0.15) is 0 Å². The van der Waals surface area contributed by atoms with Gasteiger partial charge in [-0.1, -0.05) is 0 Å². The summed E-state index contributed by atoms with van der Waals surface area (Å²) in [5, 5.41) is 1.02. The molecule has 0 spiro atoms. The maximum atomic E-state index is 5.90. The molecule has 4 heterocycles. The van der Waals surface area contributed by atoms with Crippen LogP contribution < -0.4 is 9.64 Å². The minimum atomic E-state index is 0.370. The molecule has 1 N–H and O–H groups in total. The first-order valence-electron chi connectivity index (χ1n) is 6.23. The van der Waals surface area contributed by atoms with Gasteiger partial charge in [0.2, 0.25) is 0 Å². The van der Waals surface area contributed by atoms with Crippen LogP contribution in [0.1, 0.15) is 0 Å². The number of anilines is 1. The number of fused-ring (bicyclic) bond motifs is 2. The highest BCUT2D eigenvalue weighted by Crippen LogP contribution is 2.35. The molecule has 2 aliphatic heterocycles. The van der Waals surface area contributed by atoms with Crippen molar-refractivity contribution in [3.63, 3.8) is 0 Å². The van der Waals surface area contributed by atoms with Crippen molar-refractivity contribution in [2.45, 2.75) is 6.04 Å². The van der Waals surface area contributed by atoms with E-state index in [1.54, 1.807) is 6.33 Å². The van der Waals surface area contributed by atoms with Gasteiger partial charge in [-0.05, 0) is 7.05 Å². The largest absolute Gasteiger partial charge is 0.489 e. The first-order chi connectivity index (χ1) is 8.83. The summed E-state index contributed by atoms with van der Waals surface area (Å²) in [7, 11) is 2.15. The summed E-state index contributed by atoms with van der Waals surface area (Å²) in [5.41, 5.74) is 0.856. The summed E-state index contributed by atoms with van der Waals surface area (Å²) >= 11 is 0. The Hall–Kier alpha value is -1.82. The van der Waals surface area contributed by atoms with Gasteiger partial charge in [0.1, 0.15) is 35.5 Å². The molecule has 94 valence electrons. The summed E-state index contributed by atoms with van der Waals surface area (Å²) in [6.07, 6.45) is 3.50. The van der Waals surface area contributed by atoms with E-state index in [9.17, 15) is 0 Å². The zero-order valence-corrected chi connectivity index (χ0v) is 10.3. The minimum Gasteiger partial charge on any atom is -0.489 e. The molecule has 0 amide bonds. The molecule has 0 bridgehead atoms. The Morgan fingerprint density at radius 3 is 3.28 bits per heavy atom. The van der Waals surface area contributed by atoms with E-state index in [-0.39, 0.29) is 0 Å². The number of hydrogen-bond acceptors (Lipinski definition) is 5. The molecule has 18 heavy (non-hydrogen) atoms. The number of aromatic nitrogens is 3. The third-order valence-electron chi connectivity index (χ3n) is 3.80. The second-order valence-corrected chi connectivity index (χ2v) is 4.99. The highest BCUT2D eigenvalue weighted by molar-refractivity contribution is 5.94. The first kappa shape index (κ1) is 10.1. The van der Waals surface area contributed by atoms with E-state index < -0.39 is 0 Å². The maximum Gasteiger partial charge on any atom is 0.150 e. The standard InChI is InChI=1S/C12H15N5O/c1-16-2-3-17-8(5-16)6-18-9-4-13-11-10(9)12(17)15-7-14-11/h4,7-8H,2-3,5-6H2,1H3,(H,13,14,15). The molecule has 2 aromatic rings. The van der Waals surface area contributed by atoms with Crippen molar-refractivity contribution >= 4 is 16.9 Å². The number of likely N-dealkylation sites (N-methyl/N-ethyl adjacent to an activating group) is 1. The van der Waals surface area contributed by atoms with E-state index >= 15 is 0 Å². The fraction of sp³-hybridized carbons (Fsp3) is 0.500. The highest BCUT2D eigenvalue weighted by Gasteiger charge is 2.32. The number of aromatic amines is 1. The number of H-pyrrole nitrogens is 1. The SMILES string of the molecule is CN1CCN2c3ncnc4[nH]cc(c34)OCC2C1. The van der Waals surface area contributed by atoms with Crippen molar-refractivity contribution in [3.05, 3.63) is 12.5 Å². The molecule has 4 rings (SSSR count). The quantitative estimate of drug-likeness (QED) is 0.731. The Morgan fingerprint density at radius 1 is 1.39 bits per heavy atom.